The van der Waals surface area contributed by atoms with E-state index in [1.165, 1.54) is 22.5 Å². The largest absolute Gasteiger partial charge is 0.478 e. The average Bonchev–Trinajstić information content (AvgIpc) is 2.37. The van der Waals surface area contributed by atoms with E-state index in [1.807, 2.05) is 13.8 Å². The summed E-state index contributed by atoms with van der Waals surface area (Å²) in [5, 5.41) is 8.88. The topological polar surface area (TPSA) is 74.7 Å². The molecule has 0 aromatic heterocycles. The van der Waals surface area contributed by atoms with Crippen LogP contribution in [0, 0.1) is 0 Å². The number of piperidine rings is 1. The molecule has 5 nitrogen and oxygen atoms in total. The zero-order valence-electron chi connectivity index (χ0n) is 11.9. The van der Waals surface area contributed by atoms with Crippen molar-refractivity contribution >= 4 is 27.6 Å². The fourth-order valence-corrected chi connectivity index (χ4v) is 5.06. The van der Waals surface area contributed by atoms with E-state index in [-0.39, 0.29) is 27.6 Å². The van der Waals surface area contributed by atoms with E-state index >= 15 is 0 Å². The lowest BCUT2D eigenvalue weighted by Crippen LogP contribution is -2.47. The lowest BCUT2D eigenvalue weighted by atomic mass is 10.0. The van der Waals surface area contributed by atoms with Gasteiger partial charge in [0.2, 0.25) is 10.0 Å². The monoisotopic (exact) mass is 331 g/mol. The number of hydrogen-bond acceptors (Lipinski definition) is 3. The predicted molar refractivity (Wildman–Crippen MR) is 80.2 cm³/mol. The Kier molecular flexibility index (Phi) is 4.60. The Balaban J connectivity index is 2.44. The average molecular weight is 332 g/mol. The molecule has 0 unspecified atom stereocenters. The molecule has 0 saturated carbocycles. The summed E-state index contributed by atoms with van der Waals surface area (Å²) in [7, 11) is -3.67. The van der Waals surface area contributed by atoms with Crippen LogP contribution in [0.15, 0.2) is 23.1 Å². The van der Waals surface area contributed by atoms with Gasteiger partial charge in [0.05, 0.1) is 15.5 Å². The van der Waals surface area contributed by atoms with Gasteiger partial charge in [-0.25, -0.2) is 13.2 Å². The number of halogens is 1. The van der Waals surface area contributed by atoms with Gasteiger partial charge in [0.1, 0.15) is 0 Å². The zero-order valence-corrected chi connectivity index (χ0v) is 13.5. The Hall–Kier alpha value is -1.11. The first kappa shape index (κ1) is 16.3. The lowest BCUT2D eigenvalue weighted by Gasteiger charge is -2.37. The van der Waals surface area contributed by atoms with Gasteiger partial charge in [0.25, 0.3) is 0 Å². The van der Waals surface area contributed by atoms with Gasteiger partial charge in [-0.15, -0.1) is 0 Å². The summed E-state index contributed by atoms with van der Waals surface area (Å²) in [6.45, 7) is 3.78. The third kappa shape index (κ3) is 3.07. The summed E-state index contributed by atoms with van der Waals surface area (Å²) in [6.07, 6.45) is 2.65. The van der Waals surface area contributed by atoms with Gasteiger partial charge < -0.3 is 5.11 Å². The molecule has 2 rings (SSSR count). The molecule has 1 aromatic carbocycles. The minimum Gasteiger partial charge on any atom is -0.478 e. The van der Waals surface area contributed by atoms with Crippen molar-refractivity contribution in [3.05, 3.63) is 28.8 Å². The summed E-state index contributed by atoms with van der Waals surface area (Å²) < 4.78 is 27.0. The standard InChI is InChI=1S/C14H18ClNO4S/c1-9-4-3-5-10(2)16(9)21(19,20)11-6-7-12(14(17)18)13(15)8-11/h6-10H,3-5H2,1-2H3,(H,17,18)/t9-,10+. The van der Waals surface area contributed by atoms with Crippen LogP contribution < -0.4 is 0 Å². The number of carboxylic acids is 1. The Labute approximate surface area is 129 Å². The Morgan fingerprint density at radius 2 is 1.86 bits per heavy atom. The Bertz CT molecular complexity index is 649. The maximum Gasteiger partial charge on any atom is 0.337 e. The molecule has 0 spiro atoms. The molecule has 1 N–H and O–H groups in total. The Morgan fingerprint density at radius 1 is 1.29 bits per heavy atom. The summed E-state index contributed by atoms with van der Waals surface area (Å²) in [6, 6.07) is 3.61. The molecule has 1 aliphatic heterocycles. The lowest BCUT2D eigenvalue weighted by molar-refractivity contribution is 0.0697. The van der Waals surface area contributed by atoms with Crippen molar-refractivity contribution in [3.63, 3.8) is 0 Å². The van der Waals surface area contributed by atoms with Crippen LogP contribution in [0.2, 0.25) is 5.02 Å². The van der Waals surface area contributed by atoms with Crippen LogP contribution >= 0.6 is 11.6 Å². The zero-order chi connectivity index (χ0) is 15.8. The molecule has 0 bridgehead atoms. The van der Waals surface area contributed by atoms with E-state index in [4.69, 9.17) is 16.7 Å². The van der Waals surface area contributed by atoms with Crippen LogP contribution in [0.25, 0.3) is 0 Å². The second kappa shape index (κ2) is 5.94. The molecular weight excluding hydrogens is 314 g/mol. The van der Waals surface area contributed by atoms with Crippen LogP contribution in [0.4, 0.5) is 0 Å². The first-order valence-corrected chi connectivity index (χ1v) is 8.63. The van der Waals surface area contributed by atoms with Gasteiger partial charge in [0.15, 0.2) is 0 Å². The van der Waals surface area contributed by atoms with E-state index in [1.54, 1.807) is 0 Å². The van der Waals surface area contributed by atoms with Gasteiger partial charge in [0, 0.05) is 12.1 Å². The second-order valence-corrected chi connectivity index (χ2v) is 7.66. The molecule has 116 valence electrons. The third-order valence-corrected chi connectivity index (χ3v) is 6.30. The molecule has 1 aromatic rings. The van der Waals surface area contributed by atoms with E-state index in [2.05, 4.69) is 0 Å². The van der Waals surface area contributed by atoms with Crippen molar-refractivity contribution in [1.82, 2.24) is 4.31 Å². The van der Waals surface area contributed by atoms with Crippen LogP contribution in [0.1, 0.15) is 43.5 Å². The molecule has 1 saturated heterocycles. The van der Waals surface area contributed by atoms with Crippen molar-refractivity contribution in [3.8, 4) is 0 Å². The van der Waals surface area contributed by atoms with Crippen molar-refractivity contribution in [2.45, 2.75) is 50.1 Å². The van der Waals surface area contributed by atoms with E-state index in [9.17, 15) is 13.2 Å². The summed E-state index contributed by atoms with van der Waals surface area (Å²) >= 11 is 5.88. The van der Waals surface area contributed by atoms with Gasteiger partial charge in [-0.05, 0) is 44.9 Å². The van der Waals surface area contributed by atoms with Crippen molar-refractivity contribution in [2.24, 2.45) is 0 Å². The number of rotatable bonds is 3. The SMILES string of the molecule is C[C@@H]1CCC[C@H](C)N1S(=O)(=O)c1ccc(C(=O)O)c(Cl)c1. The maximum atomic E-state index is 12.8. The number of carboxylic acid groups (broad SMARTS) is 1. The van der Waals surface area contributed by atoms with Crippen LogP contribution in [0.3, 0.4) is 0 Å². The highest BCUT2D eigenvalue weighted by molar-refractivity contribution is 7.89. The van der Waals surface area contributed by atoms with Crippen LogP contribution in [0.5, 0.6) is 0 Å². The van der Waals surface area contributed by atoms with E-state index < -0.39 is 16.0 Å². The fraction of sp³-hybridized carbons (Fsp3) is 0.500. The van der Waals surface area contributed by atoms with Crippen molar-refractivity contribution in [1.29, 1.82) is 0 Å². The highest BCUT2D eigenvalue weighted by Gasteiger charge is 2.35. The molecule has 2 atom stereocenters. The molecule has 0 amide bonds. The van der Waals surface area contributed by atoms with Gasteiger partial charge in [-0.3, -0.25) is 0 Å². The highest BCUT2D eigenvalue weighted by atomic mass is 35.5. The summed E-state index contributed by atoms with van der Waals surface area (Å²) in [5.41, 5.74) is -0.102. The number of benzene rings is 1. The van der Waals surface area contributed by atoms with Crippen LogP contribution in [-0.4, -0.2) is 35.9 Å². The molecule has 7 heteroatoms. The highest BCUT2D eigenvalue weighted by Crippen LogP contribution is 2.31. The molecule has 1 fully saturated rings. The number of nitrogens with zero attached hydrogens (tertiary/aromatic N) is 1. The first-order chi connectivity index (χ1) is 9.75. The summed E-state index contributed by atoms with van der Waals surface area (Å²) in [4.78, 5) is 11.0. The van der Waals surface area contributed by atoms with E-state index in [0.29, 0.717) is 0 Å². The van der Waals surface area contributed by atoms with Gasteiger partial charge in [-0.1, -0.05) is 18.0 Å². The van der Waals surface area contributed by atoms with Gasteiger partial charge >= 0.3 is 5.97 Å². The Morgan fingerprint density at radius 3 is 2.33 bits per heavy atom. The normalized spacial score (nSPS) is 24.0. The van der Waals surface area contributed by atoms with E-state index in [0.717, 1.165) is 19.3 Å². The molecular formula is C14H18ClNO4S. The molecule has 0 aliphatic carbocycles. The first-order valence-electron chi connectivity index (χ1n) is 6.81. The quantitative estimate of drug-likeness (QED) is 0.924. The number of aromatic carboxylic acids is 1. The molecule has 1 heterocycles. The number of hydrogen-bond donors (Lipinski definition) is 1. The molecule has 1 aliphatic rings. The minimum atomic E-state index is -3.67. The number of sulfonamides is 1. The number of carbonyl (C=O) groups is 1. The third-order valence-electron chi connectivity index (χ3n) is 3.86. The fourth-order valence-electron chi connectivity index (χ4n) is 2.82. The van der Waals surface area contributed by atoms with Gasteiger partial charge in [-0.2, -0.15) is 4.31 Å². The minimum absolute atomic E-state index is 0.0399. The van der Waals surface area contributed by atoms with Crippen molar-refractivity contribution in [2.75, 3.05) is 0 Å². The summed E-state index contributed by atoms with van der Waals surface area (Å²) in [5.74, 6) is -1.18. The van der Waals surface area contributed by atoms with Crippen LogP contribution in [-0.2, 0) is 10.0 Å². The smallest absolute Gasteiger partial charge is 0.337 e. The second-order valence-electron chi connectivity index (χ2n) is 5.41. The predicted octanol–water partition coefficient (Wildman–Crippen LogP) is 2.99. The van der Waals surface area contributed by atoms with Crippen molar-refractivity contribution < 1.29 is 18.3 Å². The molecule has 21 heavy (non-hydrogen) atoms. The maximum absolute atomic E-state index is 12.8. The molecule has 0 radical (unpaired) electrons.